The van der Waals surface area contributed by atoms with Crippen LogP contribution >= 0.6 is 0 Å². The van der Waals surface area contributed by atoms with Gasteiger partial charge in [-0.15, -0.1) is 10.2 Å². The van der Waals surface area contributed by atoms with E-state index in [2.05, 4.69) is 25.8 Å². The first-order chi connectivity index (χ1) is 13.2. The Kier molecular flexibility index (Phi) is 8.54. The molecule has 0 bridgehead atoms. The van der Waals surface area contributed by atoms with Crippen LogP contribution in [0.2, 0.25) is 0 Å². The molecule has 0 aliphatic carbocycles. The van der Waals surface area contributed by atoms with Crippen molar-refractivity contribution in [2.75, 3.05) is 32.7 Å². The lowest BCUT2D eigenvalue weighted by Crippen LogP contribution is -2.40. The lowest BCUT2D eigenvalue weighted by atomic mass is 10.3. The van der Waals surface area contributed by atoms with Crippen molar-refractivity contribution in [3.8, 4) is 0 Å². The molecule has 0 radical (unpaired) electrons. The van der Waals surface area contributed by atoms with Crippen LogP contribution in [0.15, 0.2) is 29.4 Å². The van der Waals surface area contributed by atoms with Crippen LogP contribution in [-0.2, 0) is 11.2 Å². The summed E-state index contributed by atoms with van der Waals surface area (Å²) in [6, 6.07) is 5.88. The summed E-state index contributed by atoms with van der Waals surface area (Å²) in [4.78, 5) is 18.5. The van der Waals surface area contributed by atoms with Crippen molar-refractivity contribution >= 4 is 17.5 Å². The summed E-state index contributed by atoms with van der Waals surface area (Å²) < 4.78 is 2.01. The molecular formula is C19H31N7O. The van der Waals surface area contributed by atoms with Crippen LogP contribution in [0, 0.1) is 0 Å². The van der Waals surface area contributed by atoms with Gasteiger partial charge in [0.1, 0.15) is 5.82 Å². The summed E-state index contributed by atoms with van der Waals surface area (Å²) in [5.41, 5.74) is 0.865. The minimum Gasteiger partial charge on any atom is -0.357 e. The van der Waals surface area contributed by atoms with Crippen molar-refractivity contribution in [2.45, 2.75) is 40.0 Å². The number of fused-ring (bicyclic) bond motifs is 1. The molecule has 0 aliphatic heterocycles. The minimum absolute atomic E-state index is 0.169. The topological polar surface area (TPSA) is 86.9 Å². The Hall–Kier alpha value is -2.64. The number of rotatable bonds is 10. The zero-order chi connectivity index (χ0) is 19.5. The first-order valence-corrected chi connectivity index (χ1v) is 9.78. The van der Waals surface area contributed by atoms with Crippen LogP contribution in [0.3, 0.4) is 0 Å². The van der Waals surface area contributed by atoms with E-state index in [1.165, 1.54) is 0 Å². The Balaban J connectivity index is 1.78. The van der Waals surface area contributed by atoms with E-state index >= 15 is 0 Å². The maximum absolute atomic E-state index is 12.1. The van der Waals surface area contributed by atoms with Crippen LogP contribution < -0.4 is 10.6 Å². The predicted molar refractivity (Wildman–Crippen MR) is 108 cm³/mol. The lowest BCUT2D eigenvalue weighted by molar-refractivity contribution is -0.130. The van der Waals surface area contributed by atoms with Gasteiger partial charge < -0.3 is 15.5 Å². The summed E-state index contributed by atoms with van der Waals surface area (Å²) in [5, 5.41) is 14.9. The third-order valence-electron chi connectivity index (χ3n) is 4.30. The van der Waals surface area contributed by atoms with E-state index in [1.54, 1.807) is 0 Å². The van der Waals surface area contributed by atoms with E-state index in [-0.39, 0.29) is 5.91 Å². The van der Waals surface area contributed by atoms with Crippen molar-refractivity contribution in [3.63, 3.8) is 0 Å². The highest BCUT2D eigenvalue weighted by molar-refractivity contribution is 5.81. The molecule has 27 heavy (non-hydrogen) atoms. The second kappa shape index (κ2) is 11.2. The molecule has 0 aromatic carbocycles. The number of amides is 1. The Labute approximate surface area is 161 Å². The summed E-state index contributed by atoms with van der Waals surface area (Å²) in [6.45, 7) is 9.57. The molecule has 0 atom stereocenters. The van der Waals surface area contributed by atoms with Crippen LogP contribution in [0.25, 0.3) is 5.65 Å². The molecule has 1 amide bonds. The van der Waals surface area contributed by atoms with Crippen molar-refractivity contribution in [3.05, 3.63) is 30.2 Å². The molecular weight excluding hydrogens is 342 g/mol. The first-order valence-electron chi connectivity index (χ1n) is 9.78. The Morgan fingerprint density at radius 3 is 2.74 bits per heavy atom. The average molecular weight is 374 g/mol. The van der Waals surface area contributed by atoms with Gasteiger partial charge in [0.2, 0.25) is 5.91 Å². The van der Waals surface area contributed by atoms with Gasteiger partial charge in [0.05, 0.1) is 0 Å². The maximum atomic E-state index is 12.1. The molecule has 2 aromatic heterocycles. The van der Waals surface area contributed by atoms with Crippen molar-refractivity contribution in [1.29, 1.82) is 0 Å². The average Bonchev–Trinajstić information content (AvgIpc) is 3.09. The second-order valence-electron chi connectivity index (χ2n) is 6.15. The number of aromatic nitrogens is 3. The zero-order valence-corrected chi connectivity index (χ0v) is 16.6. The summed E-state index contributed by atoms with van der Waals surface area (Å²) in [7, 11) is 0. The molecule has 0 aliphatic rings. The third-order valence-corrected chi connectivity index (χ3v) is 4.30. The van der Waals surface area contributed by atoms with Gasteiger partial charge in [-0.05, 0) is 39.3 Å². The molecule has 2 rings (SSSR count). The number of aliphatic imine (C=N–C) groups is 1. The largest absolute Gasteiger partial charge is 0.357 e. The second-order valence-corrected chi connectivity index (χ2v) is 6.15. The molecule has 0 saturated heterocycles. The number of carbonyl (C=O) groups excluding carboxylic acids is 1. The van der Waals surface area contributed by atoms with E-state index in [0.717, 1.165) is 49.9 Å². The van der Waals surface area contributed by atoms with Crippen molar-refractivity contribution in [2.24, 2.45) is 4.99 Å². The Morgan fingerprint density at radius 1 is 1.19 bits per heavy atom. The van der Waals surface area contributed by atoms with Crippen LogP contribution in [-0.4, -0.2) is 64.1 Å². The Bertz CT molecular complexity index is 736. The molecule has 148 valence electrons. The minimum atomic E-state index is 0.169. The SMILES string of the molecule is CCNC(=NCCCc1nnc2ccccn12)NCCC(=O)N(CC)CC. The molecule has 2 heterocycles. The van der Waals surface area contributed by atoms with Gasteiger partial charge in [-0.25, -0.2) is 0 Å². The van der Waals surface area contributed by atoms with Gasteiger partial charge in [0.25, 0.3) is 0 Å². The summed E-state index contributed by atoms with van der Waals surface area (Å²) in [5.74, 6) is 1.86. The van der Waals surface area contributed by atoms with Crippen LogP contribution in [0.5, 0.6) is 0 Å². The highest BCUT2D eigenvalue weighted by Crippen LogP contribution is 2.05. The van der Waals surface area contributed by atoms with Crippen LogP contribution in [0.4, 0.5) is 0 Å². The molecule has 0 fully saturated rings. The van der Waals surface area contributed by atoms with E-state index in [4.69, 9.17) is 0 Å². The van der Waals surface area contributed by atoms with E-state index < -0.39 is 0 Å². The zero-order valence-electron chi connectivity index (χ0n) is 16.6. The number of nitrogens with zero attached hydrogens (tertiary/aromatic N) is 5. The number of carbonyl (C=O) groups is 1. The lowest BCUT2D eigenvalue weighted by Gasteiger charge is -2.19. The van der Waals surface area contributed by atoms with E-state index in [1.807, 2.05) is 54.5 Å². The van der Waals surface area contributed by atoms with Gasteiger partial charge in [-0.2, -0.15) is 0 Å². The molecule has 0 unspecified atom stereocenters. The standard InChI is InChI=1S/C19H31N7O/c1-4-20-19(22-14-12-18(27)25(5-2)6-3)21-13-9-11-17-24-23-16-10-7-8-15-26(16)17/h7-8,10,15H,4-6,9,11-14H2,1-3H3,(H2,20,21,22). The van der Waals surface area contributed by atoms with E-state index in [9.17, 15) is 4.79 Å². The van der Waals surface area contributed by atoms with Gasteiger partial charge in [0, 0.05) is 51.8 Å². The Morgan fingerprint density at radius 2 is 2.00 bits per heavy atom. The number of hydrogen-bond donors (Lipinski definition) is 2. The third kappa shape index (κ3) is 6.23. The molecule has 8 nitrogen and oxygen atoms in total. The molecule has 2 aromatic rings. The monoisotopic (exact) mass is 373 g/mol. The molecule has 0 spiro atoms. The normalized spacial score (nSPS) is 11.6. The maximum Gasteiger partial charge on any atom is 0.224 e. The summed E-state index contributed by atoms with van der Waals surface area (Å²) >= 11 is 0. The fourth-order valence-corrected chi connectivity index (χ4v) is 2.85. The number of hydrogen-bond acceptors (Lipinski definition) is 4. The first kappa shape index (κ1) is 20.7. The fourth-order valence-electron chi connectivity index (χ4n) is 2.85. The van der Waals surface area contributed by atoms with Crippen molar-refractivity contribution in [1.82, 2.24) is 30.1 Å². The van der Waals surface area contributed by atoms with Gasteiger partial charge in [-0.3, -0.25) is 14.2 Å². The van der Waals surface area contributed by atoms with Crippen molar-refractivity contribution < 1.29 is 4.79 Å². The highest BCUT2D eigenvalue weighted by Gasteiger charge is 2.09. The molecule has 8 heteroatoms. The highest BCUT2D eigenvalue weighted by atomic mass is 16.2. The predicted octanol–water partition coefficient (Wildman–Crippen LogP) is 1.48. The molecule has 0 saturated carbocycles. The molecule has 2 N–H and O–H groups in total. The number of nitrogens with one attached hydrogen (secondary N) is 2. The van der Waals surface area contributed by atoms with Gasteiger partial charge in [0.15, 0.2) is 11.6 Å². The smallest absolute Gasteiger partial charge is 0.224 e. The quantitative estimate of drug-likeness (QED) is 0.374. The summed E-state index contributed by atoms with van der Waals surface area (Å²) in [6.07, 6.45) is 4.14. The number of guanidine groups is 1. The van der Waals surface area contributed by atoms with Gasteiger partial charge in [-0.1, -0.05) is 6.07 Å². The van der Waals surface area contributed by atoms with Gasteiger partial charge >= 0.3 is 0 Å². The van der Waals surface area contributed by atoms with Crippen LogP contribution in [0.1, 0.15) is 39.4 Å². The fraction of sp³-hybridized carbons (Fsp3) is 0.579. The number of aryl methyl sites for hydroxylation is 1. The number of pyridine rings is 1. The van der Waals surface area contributed by atoms with E-state index in [0.29, 0.717) is 19.5 Å².